The molecule has 4 aromatic carbocycles. The lowest BCUT2D eigenvalue weighted by atomic mass is 9.97. The van der Waals surface area contributed by atoms with Gasteiger partial charge in [-0.2, -0.15) is 0 Å². The third-order valence-electron chi connectivity index (χ3n) is 6.19. The van der Waals surface area contributed by atoms with Crippen LogP contribution in [0.2, 0.25) is 0 Å². The highest BCUT2D eigenvalue weighted by atomic mass is 35.5. The molecule has 4 rings (SSSR count). The molecule has 0 aliphatic carbocycles. The molecule has 1 nitrogen and oxygen atoms in total. The van der Waals surface area contributed by atoms with Crippen molar-refractivity contribution in [2.45, 2.75) is 36.4 Å². The number of ether oxygens (including phenoxy) is 1. The maximum atomic E-state index is 6.68. The molecule has 0 amide bonds. The zero-order chi connectivity index (χ0) is 24.3. The molecule has 0 aliphatic heterocycles. The molecule has 0 heterocycles. The molecule has 2 atom stereocenters. The average molecular weight is 504 g/mol. The number of benzene rings is 4. The fourth-order valence-corrected chi connectivity index (χ4v) is 4.92. The molecule has 0 aromatic heterocycles. The van der Waals surface area contributed by atoms with Crippen molar-refractivity contribution in [1.29, 1.82) is 0 Å². The first-order valence-electron chi connectivity index (χ1n) is 12.2. The van der Waals surface area contributed by atoms with Crippen molar-refractivity contribution in [2.75, 3.05) is 13.2 Å². The summed E-state index contributed by atoms with van der Waals surface area (Å²) in [5.41, 5.74) is 7.79. The highest BCUT2D eigenvalue weighted by molar-refractivity contribution is 6.21. The van der Waals surface area contributed by atoms with E-state index in [1.807, 2.05) is 12.1 Å². The van der Waals surface area contributed by atoms with E-state index in [1.54, 1.807) is 0 Å². The van der Waals surface area contributed by atoms with Crippen LogP contribution in [0, 0.1) is 0 Å². The van der Waals surface area contributed by atoms with E-state index in [1.165, 1.54) is 33.4 Å². The van der Waals surface area contributed by atoms with Crippen molar-refractivity contribution in [3.8, 4) is 0 Å². The van der Waals surface area contributed by atoms with Crippen molar-refractivity contribution in [3.05, 3.63) is 143 Å². The first kappa shape index (κ1) is 25.5. The van der Waals surface area contributed by atoms with Gasteiger partial charge in [-0.15, -0.1) is 23.2 Å². The number of hydrogen-bond donors (Lipinski definition) is 0. The van der Waals surface area contributed by atoms with Gasteiger partial charge in [0.05, 0.1) is 24.0 Å². The number of alkyl halides is 2. The van der Waals surface area contributed by atoms with Crippen LogP contribution in [0.1, 0.15) is 33.4 Å². The van der Waals surface area contributed by atoms with Crippen LogP contribution < -0.4 is 0 Å². The standard InChI is InChI=1S/C32H32Cl2O/c33-31(21-29-17-9-7-15-27(29)19-25-11-3-1-4-12-25)23-35-24-32(34)22-30-18-10-8-16-28(30)20-26-13-5-2-6-14-26/h1-18,31-32H,19-24H2. The highest BCUT2D eigenvalue weighted by Crippen LogP contribution is 2.20. The molecule has 2 unspecified atom stereocenters. The second kappa shape index (κ2) is 13.5. The first-order chi connectivity index (χ1) is 17.2. The molecule has 35 heavy (non-hydrogen) atoms. The molecule has 0 aliphatic rings. The van der Waals surface area contributed by atoms with Gasteiger partial charge in [-0.1, -0.05) is 109 Å². The zero-order valence-corrected chi connectivity index (χ0v) is 21.5. The van der Waals surface area contributed by atoms with Crippen LogP contribution in [0.5, 0.6) is 0 Å². The lowest BCUT2D eigenvalue weighted by molar-refractivity contribution is 0.134. The van der Waals surface area contributed by atoms with Gasteiger partial charge in [0.1, 0.15) is 0 Å². The third-order valence-corrected chi connectivity index (χ3v) is 6.75. The van der Waals surface area contributed by atoms with Gasteiger partial charge in [0.15, 0.2) is 0 Å². The highest BCUT2D eigenvalue weighted by Gasteiger charge is 2.14. The summed E-state index contributed by atoms with van der Waals surface area (Å²) in [5.74, 6) is 0. The Hall–Kier alpha value is -2.58. The average Bonchev–Trinajstić information content (AvgIpc) is 2.88. The fraction of sp³-hybridized carbons (Fsp3) is 0.250. The van der Waals surface area contributed by atoms with Gasteiger partial charge < -0.3 is 4.74 Å². The summed E-state index contributed by atoms with van der Waals surface area (Å²) < 4.78 is 5.95. The monoisotopic (exact) mass is 502 g/mol. The molecule has 0 N–H and O–H groups in total. The molecular formula is C32H32Cl2O. The van der Waals surface area contributed by atoms with E-state index in [-0.39, 0.29) is 10.8 Å². The second-order valence-corrected chi connectivity index (χ2v) is 10.2. The van der Waals surface area contributed by atoms with E-state index >= 15 is 0 Å². The maximum absolute atomic E-state index is 6.68. The van der Waals surface area contributed by atoms with Gasteiger partial charge in [0.2, 0.25) is 0 Å². The lowest BCUT2D eigenvalue weighted by Crippen LogP contribution is -2.19. The number of hydrogen-bond acceptors (Lipinski definition) is 1. The predicted octanol–water partition coefficient (Wildman–Crippen LogP) is 7.88. The van der Waals surface area contributed by atoms with Gasteiger partial charge in [-0.25, -0.2) is 0 Å². The second-order valence-electron chi connectivity index (χ2n) is 9.00. The van der Waals surface area contributed by atoms with Gasteiger partial charge in [0.25, 0.3) is 0 Å². The normalized spacial score (nSPS) is 12.9. The molecule has 0 fully saturated rings. The van der Waals surface area contributed by atoms with E-state index in [0.29, 0.717) is 13.2 Å². The molecular weight excluding hydrogens is 471 g/mol. The van der Waals surface area contributed by atoms with Crippen LogP contribution in [0.25, 0.3) is 0 Å². The van der Waals surface area contributed by atoms with Crippen molar-refractivity contribution < 1.29 is 4.74 Å². The predicted molar refractivity (Wildman–Crippen MR) is 149 cm³/mol. The molecule has 4 aromatic rings. The molecule has 0 bridgehead atoms. The topological polar surface area (TPSA) is 9.23 Å². The van der Waals surface area contributed by atoms with Gasteiger partial charge in [0, 0.05) is 0 Å². The Balaban J connectivity index is 1.26. The SMILES string of the molecule is ClC(COCC(Cl)Cc1ccccc1Cc1ccccc1)Cc1ccccc1Cc1ccccc1. The molecule has 0 saturated heterocycles. The smallest absolute Gasteiger partial charge is 0.0634 e. The Morgan fingerprint density at radius 1 is 0.457 bits per heavy atom. The van der Waals surface area contributed by atoms with Crippen LogP contribution >= 0.6 is 23.2 Å². The Morgan fingerprint density at radius 3 is 1.20 bits per heavy atom. The van der Waals surface area contributed by atoms with E-state index in [2.05, 4.69) is 97.1 Å². The number of rotatable bonds is 12. The van der Waals surface area contributed by atoms with Gasteiger partial charge in [-0.05, 0) is 59.1 Å². The largest absolute Gasteiger partial charge is 0.378 e. The van der Waals surface area contributed by atoms with Crippen molar-refractivity contribution in [3.63, 3.8) is 0 Å². The zero-order valence-electron chi connectivity index (χ0n) is 20.0. The van der Waals surface area contributed by atoms with Crippen molar-refractivity contribution in [1.82, 2.24) is 0 Å². The summed E-state index contributed by atoms with van der Waals surface area (Å²) in [6.45, 7) is 0.965. The van der Waals surface area contributed by atoms with E-state index < -0.39 is 0 Å². The minimum atomic E-state index is -0.0962. The number of halogens is 2. The summed E-state index contributed by atoms with van der Waals surface area (Å²) in [7, 11) is 0. The van der Waals surface area contributed by atoms with E-state index in [4.69, 9.17) is 27.9 Å². The quantitative estimate of drug-likeness (QED) is 0.179. The summed E-state index contributed by atoms with van der Waals surface area (Å²) in [6.07, 6.45) is 3.37. The lowest BCUT2D eigenvalue weighted by Gasteiger charge is -2.17. The first-order valence-corrected chi connectivity index (χ1v) is 13.1. The van der Waals surface area contributed by atoms with Crippen LogP contribution in [0.4, 0.5) is 0 Å². The van der Waals surface area contributed by atoms with Crippen molar-refractivity contribution in [2.24, 2.45) is 0 Å². The molecule has 180 valence electrons. The van der Waals surface area contributed by atoms with E-state index in [0.717, 1.165) is 25.7 Å². The van der Waals surface area contributed by atoms with Gasteiger partial charge >= 0.3 is 0 Å². The molecule has 0 saturated carbocycles. The van der Waals surface area contributed by atoms with Gasteiger partial charge in [-0.3, -0.25) is 0 Å². The maximum Gasteiger partial charge on any atom is 0.0634 e. The Bertz CT molecular complexity index is 1070. The van der Waals surface area contributed by atoms with Crippen molar-refractivity contribution >= 4 is 23.2 Å². The summed E-state index contributed by atoms with van der Waals surface area (Å²) >= 11 is 13.4. The third kappa shape index (κ3) is 8.25. The molecule has 0 radical (unpaired) electrons. The summed E-state index contributed by atoms with van der Waals surface area (Å²) in [4.78, 5) is 0. The van der Waals surface area contributed by atoms with Crippen LogP contribution in [0.3, 0.4) is 0 Å². The van der Waals surface area contributed by atoms with Crippen LogP contribution in [0.15, 0.2) is 109 Å². The Labute approximate surface area is 219 Å². The molecule has 0 spiro atoms. The van der Waals surface area contributed by atoms with Crippen LogP contribution in [-0.2, 0) is 30.4 Å². The minimum Gasteiger partial charge on any atom is -0.378 e. The van der Waals surface area contributed by atoms with Crippen LogP contribution in [-0.4, -0.2) is 24.0 Å². The Kier molecular flexibility index (Phi) is 9.84. The minimum absolute atomic E-state index is 0.0962. The fourth-order valence-electron chi connectivity index (χ4n) is 4.41. The molecule has 3 heteroatoms. The van der Waals surface area contributed by atoms with E-state index in [9.17, 15) is 0 Å². The Morgan fingerprint density at radius 2 is 0.800 bits per heavy atom. The summed E-state index contributed by atoms with van der Waals surface area (Å²) in [5, 5.41) is -0.192. The summed E-state index contributed by atoms with van der Waals surface area (Å²) in [6, 6.07) is 38.1.